The zero-order chi connectivity index (χ0) is 10.7. The van der Waals surface area contributed by atoms with Crippen LogP contribution >= 0.6 is 0 Å². The largest absolute Gasteiger partial charge is 0.324 e. The highest BCUT2D eigenvalue weighted by atomic mass is 19.1. The third-order valence-corrected chi connectivity index (χ3v) is 2.04. The van der Waals surface area contributed by atoms with Gasteiger partial charge < -0.3 is 5.73 Å². The molecule has 0 saturated heterocycles. The first kappa shape index (κ1) is 10.6. The van der Waals surface area contributed by atoms with Crippen molar-refractivity contribution in [2.24, 2.45) is 5.73 Å². The molecule has 2 N–H and O–H groups in total. The lowest BCUT2D eigenvalue weighted by Gasteiger charge is -2.08. The molecule has 1 aromatic carbocycles. The summed E-state index contributed by atoms with van der Waals surface area (Å²) in [6.45, 7) is 1.87. The maximum Gasteiger partial charge on any atom is 0.304 e. The van der Waals surface area contributed by atoms with Gasteiger partial charge >= 0.3 is 5.69 Å². The first-order valence-electron chi connectivity index (χ1n) is 4.25. The predicted molar refractivity (Wildman–Crippen MR) is 50.3 cm³/mol. The van der Waals surface area contributed by atoms with Crippen LogP contribution in [0.2, 0.25) is 0 Å². The molecule has 0 fully saturated rings. The normalized spacial score (nSPS) is 12.5. The lowest BCUT2D eigenvalue weighted by molar-refractivity contribution is -0.387. The molecule has 0 spiro atoms. The predicted octanol–water partition coefficient (Wildman–Crippen LogP) is 2.14. The van der Waals surface area contributed by atoms with Crippen LogP contribution in [-0.4, -0.2) is 4.92 Å². The highest BCUT2D eigenvalue weighted by Gasteiger charge is 2.15. The Morgan fingerprint density at radius 2 is 2.29 bits per heavy atom. The number of benzene rings is 1. The van der Waals surface area contributed by atoms with E-state index in [4.69, 9.17) is 5.73 Å². The van der Waals surface area contributed by atoms with Gasteiger partial charge in [0, 0.05) is 12.1 Å². The van der Waals surface area contributed by atoms with Crippen LogP contribution in [0.3, 0.4) is 0 Å². The van der Waals surface area contributed by atoms with Gasteiger partial charge in [-0.3, -0.25) is 10.1 Å². The van der Waals surface area contributed by atoms with Gasteiger partial charge in [0.2, 0.25) is 5.82 Å². The van der Waals surface area contributed by atoms with Crippen molar-refractivity contribution in [2.75, 3.05) is 0 Å². The van der Waals surface area contributed by atoms with Gasteiger partial charge in [-0.25, -0.2) is 0 Å². The molecule has 0 aliphatic heterocycles. The van der Waals surface area contributed by atoms with Crippen LogP contribution in [-0.2, 0) is 0 Å². The van der Waals surface area contributed by atoms with Crippen molar-refractivity contribution >= 4 is 5.69 Å². The fraction of sp³-hybridized carbons (Fsp3) is 0.333. The Labute approximate surface area is 80.7 Å². The highest BCUT2D eigenvalue weighted by molar-refractivity contribution is 5.36. The second kappa shape index (κ2) is 4.15. The summed E-state index contributed by atoms with van der Waals surface area (Å²) in [5, 5.41) is 10.3. The molecule has 4 nitrogen and oxygen atoms in total. The van der Waals surface area contributed by atoms with E-state index < -0.39 is 16.4 Å². The van der Waals surface area contributed by atoms with Crippen molar-refractivity contribution < 1.29 is 9.31 Å². The Bertz CT molecular complexity index is 355. The number of nitrogens with zero attached hydrogens (tertiary/aromatic N) is 1. The second-order valence-corrected chi connectivity index (χ2v) is 2.98. The number of nitro benzene ring substituents is 1. The van der Waals surface area contributed by atoms with Crippen LogP contribution in [0.15, 0.2) is 18.2 Å². The fourth-order valence-corrected chi connectivity index (χ4v) is 1.14. The Kier molecular flexibility index (Phi) is 3.14. The number of nitro groups is 1. The minimum absolute atomic E-state index is 0.273. The van der Waals surface area contributed by atoms with Crippen molar-refractivity contribution in [1.82, 2.24) is 0 Å². The zero-order valence-corrected chi connectivity index (χ0v) is 7.74. The highest BCUT2D eigenvalue weighted by Crippen LogP contribution is 2.21. The van der Waals surface area contributed by atoms with E-state index in [1.54, 1.807) is 0 Å². The lowest BCUT2D eigenvalue weighted by atomic mass is 10.1. The van der Waals surface area contributed by atoms with E-state index in [1.165, 1.54) is 6.07 Å². The van der Waals surface area contributed by atoms with E-state index in [0.29, 0.717) is 12.0 Å². The summed E-state index contributed by atoms with van der Waals surface area (Å²) in [5.41, 5.74) is 5.72. The van der Waals surface area contributed by atoms with Crippen LogP contribution in [0, 0.1) is 15.9 Å². The smallest absolute Gasteiger partial charge is 0.304 e. The molecular formula is C9H11FN2O2. The minimum Gasteiger partial charge on any atom is -0.324 e. The SMILES string of the molecule is CC[C@@H](N)c1ccc([N+](=O)[O-])c(F)c1. The van der Waals surface area contributed by atoms with Gasteiger partial charge in [-0.2, -0.15) is 4.39 Å². The second-order valence-electron chi connectivity index (χ2n) is 2.98. The molecule has 76 valence electrons. The zero-order valence-electron chi connectivity index (χ0n) is 7.74. The summed E-state index contributed by atoms with van der Waals surface area (Å²) >= 11 is 0. The molecule has 1 aromatic rings. The van der Waals surface area contributed by atoms with Gasteiger partial charge in [0.1, 0.15) is 0 Å². The van der Waals surface area contributed by atoms with E-state index in [1.807, 2.05) is 6.92 Å². The van der Waals surface area contributed by atoms with Gasteiger partial charge in [-0.15, -0.1) is 0 Å². The monoisotopic (exact) mass is 198 g/mol. The molecular weight excluding hydrogens is 187 g/mol. The molecule has 5 heteroatoms. The van der Waals surface area contributed by atoms with Gasteiger partial charge in [-0.05, 0) is 18.1 Å². The topological polar surface area (TPSA) is 69.2 Å². The average Bonchev–Trinajstić information content (AvgIpc) is 2.15. The molecule has 1 rings (SSSR count). The van der Waals surface area contributed by atoms with E-state index in [9.17, 15) is 14.5 Å². The van der Waals surface area contributed by atoms with Crippen LogP contribution in [0.25, 0.3) is 0 Å². The van der Waals surface area contributed by atoms with Gasteiger partial charge in [0.15, 0.2) is 0 Å². The number of nitrogens with two attached hydrogens (primary N) is 1. The van der Waals surface area contributed by atoms with Gasteiger partial charge in [0.25, 0.3) is 0 Å². The fourth-order valence-electron chi connectivity index (χ4n) is 1.14. The van der Waals surface area contributed by atoms with Crippen LogP contribution in [0.4, 0.5) is 10.1 Å². The summed E-state index contributed by atoms with van der Waals surface area (Å²) in [5.74, 6) is -0.837. The summed E-state index contributed by atoms with van der Waals surface area (Å²) in [6.07, 6.45) is 0.664. The Hall–Kier alpha value is -1.49. The Balaban J connectivity index is 3.06. The Morgan fingerprint density at radius 1 is 1.64 bits per heavy atom. The molecule has 0 unspecified atom stereocenters. The van der Waals surface area contributed by atoms with E-state index >= 15 is 0 Å². The molecule has 0 amide bonds. The molecule has 0 saturated carbocycles. The first-order valence-corrected chi connectivity index (χ1v) is 4.25. The van der Waals surface area contributed by atoms with E-state index in [-0.39, 0.29) is 6.04 Å². The van der Waals surface area contributed by atoms with Crippen LogP contribution in [0.1, 0.15) is 24.9 Å². The average molecular weight is 198 g/mol. The quantitative estimate of drug-likeness (QED) is 0.597. The van der Waals surface area contributed by atoms with Crippen molar-refractivity contribution in [1.29, 1.82) is 0 Å². The minimum atomic E-state index is -0.837. The number of hydrogen-bond donors (Lipinski definition) is 1. The molecule has 0 aliphatic rings. The van der Waals surface area contributed by atoms with E-state index in [0.717, 1.165) is 12.1 Å². The molecule has 0 aromatic heterocycles. The van der Waals surface area contributed by atoms with Crippen molar-refractivity contribution in [2.45, 2.75) is 19.4 Å². The summed E-state index contributed by atoms with van der Waals surface area (Å²) in [7, 11) is 0. The summed E-state index contributed by atoms with van der Waals surface area (Å²) in [6, 6.07) is 3.47. The van der Waals surface area contributed by atoms with Crippen molar-refractivity contribution in [3.8, 4) is 0 Å². The first-order chi connectivity index (χ1) is 6.56. The third-order valence-electron chi connectivity index (χ3n) is 2.04. The van der Waals surface area contributed by atoms with Gasteiger partial charge in [-0.1, -0.05) is 13.0 Å². The number of halogens is 1. The lowest BCUT2D eigenvalue weighted by Crippen LogP contribution is -2.09. The summed E-state index contributed by atoms with van der Waals surface area (Å²) < 4.78 is 13.1. The van der Waals surface area contributed by atoms with Crippen LogP contribution in [0.5, 0.6) is 0 Å². The van der Waals surface area contributed by atoms with Gasteiger partial charge in [0.05, 0.1) is 4.92 Å². The van der Waals surface area contributed by atoms with Crippen molar-refractivity contribution in [3.05, 3.63) is 39.7 Å². The third kappa shape index (κ3) is 2.05. The maximum atomic E-state index is 13.1. The van der Waals surface area contributed by atoms with E-state index in [2.05, 4.69) is 0 Å². The molecule has 0 aliphatic carbocycles. The molecule has 14 heavy (non-hydrogen) atoms. The molecule has 0 bridgehead atoms. The van der Waals surface area contributed by atoms with Crippen LogP contribution < -0.4 is 5.73 Å². The Morgan fingerprint density at radius 3 is 2.71 bits per heavy atom. The molecule has 0 radical (unpaired) electrons. The number of rotatable bonds is 3. The molecule has 1 atom stereocenters. The summed E-state index contributed by atoms with van der Waals surface area (Å²) in [4.78, 5) is 9.55. The van der Waals surface area contributed by atoms with Crippen molar-refractivity contribution in [3.63, 3.8) is 0 Å². The maximum absolute atomic E-state index is 13.1. The standard InChI is InChI=1S/C9H11FN2O2/c1-2-8(11)6-3-4-9(12(13)14)7(10)5-6/h3-5,8H,2,11H2,1H3/t8-/m1/s1. The molecule has 0 heterocycles. The number of hydrogen-bond acceptors (Lipinski definition) is 3.